The summed E-state index contributed by atoms with van der Waals surface area (Å²) in [6, 6.07) is 13.4. The smallest absolute Gasteiger partial charge is 0.278 e. The molecule has 0 aromatic heterocycles. The maximum atomic E-state index is 11.6. The number of hydrogen-bond donors (Lipinski definition) is 1. The summed E-state index contributed by atoms with van der Waals surface area (Å²) < 4.78 is 5.32. The molecule has 0 heterocycles. The van der Waals surface area contributed by atoms with Gasteiger partial charge >= 0.3 is 0 Å². The molecule has 2 aromatic rings. The molecule has 2 aromatic carbocycles. The Labute approximate surface area is 132 Å². The number of para-hydroxylation sites is 1. The molecule has 7 heteroatoms. The van der Waals surface area contributed by atoms with Gasteiger partial charge in [0, 0.05) is 6.07 Å². The minimum absolute atomic E-state index is 0.0819. The van der Waals surface area contributed by atoms with Crippen LogP contribution >= 0.6 is 0 Å². The van der Waals surface area contributed by atoms with E-state index in [0.717, 1.165) is 5.56 Å². The van der Waals surface area contributed by atoms with Crippen LogP contribution in [0.1, 0.15) is 11.1 Å². The fourth-order valence-electron chi connectivity index (χ4n) is 1.82. The van der Waals surface area contributed by atoms with Crippen LogP contribution in [0.15, 0.2) is 53.6 Å². The zero-order chi connectivity index (χ0) is 16.7. The van der Waals surface area contributed by atoms with E-state index in [0.29, 0.717) is 11.3 Å². The Morgan fingerprint density at radius 3 is 2.83 bits per heavy atom. The summed E-state index contributed by atoms with van der Waals surface area (Å²) in [6.07, 6.45) is 1.22. The fraction of sp³-hybridized carbons (Fsp3) is 0.125. The molecular formula is C16H15N3O4. The molecule has 23 heavy (non-hydrogen) atoms. The Kier molecular flexibility index (Phi) is 5.40. The van der Waals surface area contributed by atoms with Crippen LogP contribution in [-0.2, 0) is 4.79 Å². The van der Waals surface area contributed by atoms with E-state index in [1.165, 1.54) is 18.3 Å². The van der Waals surface area contributed by atoms with Crippen LogP contribution in [0.4, 0.5) is 5.69 Å². The first kappa shape index (κ1) is 16.2. The highest BCUT2D eigenvalue weighted by molar-refractivity contribution is 5.86. The largest absolute Gasteiger partial charge is 0.484 e. The van der Waals surface area contributed by atoms with Gasteiger partial charge in [-0.3, -0.25) is 14.9 Å². The first-order valence-electron chi connectivity index (χ1n) is 6.81. The lowest BCUT2D eigenvalue weighted by Gasteiger charge is -2.05. The van der Waals surface area contributed by atoms with E-state index in [9.17, 15) is 14.9 Å². The molecule has 0 aliphatic rings. The van der Waals surface area contributed by atoms with E-state index in [1.54, 1.807) is 18.2 Å². The van der Waals surface area contributed by atoms with Crippen molar-refractivity contribution < 1.29 is 14.5 Å². The monoisotopic (exact) mass is 313 g/mol. The number of aryl methyl sites for hydroxylation is 1. The fourth-order valence-corrected chi connectivity index (χ4v) is 1.82. The van der Waals surface area contributed by atoms with Gasteiger partial charge in [-0.05, 0) is 30.7 Å². The topological polar surface area (TPSA) is 93.8 Å². The highest BCUT2D eigenvalue weighted by atomic mass is 16.6. The molecule has 1 amide bonds. The number of nitrogens with zero attached hydrogens (tertiary/aromatic N) is 2. The number of nitro benzene ring substituents is 1. The summed E-state index contributed by atoms with van der Waals surface area (Å²) in [5.41, 5.74) is 3.51. The standard InChI is InChI=1S/C16H15N3O4/c1-12-5-4-7-14(9-12)23-11-16(20)18-17-10-13-6-2-3-8-15(13)19(21)22/h2-10H,11H2,1H3,(H,18,20)/b17-10-. The minimum Gasteiger partial charge on any atom is -0.484 e. The summed E-state index contributed by atoms with van der Waals surface area (Å²) in [6.45, 7) is 1.72. The van der Waals surface area contributed by atoms with E-state index in [4.69, 9.17) is 4.74 Å². The molecule has 0 saturated carbocycles. The van der Waals surface area contributed by atoms with Gasteiger partial charge in [-0.1, -0.05) is 24.3 Å². The second kappa shape index (κ2) is 7.69. The molecule has 0 fully saturated rings. The molecule has 2 rings (SSSR count). The first-order chi connectivity index (χ1) is 11.1. The number of carbonyl (C=O) groups is 1. The molecule has 0 spiro atoms. The Bertz CT molecular complexity index is 744. The van der Waals surface area contributed by atoms with Gasteiger partial charge < -0.3 is 4.74 Å². The second-order valence-corrected chi connectivity index (χ2v) is 4.71. The third kappa shape index (κ3) is 4.92. The van der Waals surface area contributed by atoms with Crippen LogP contribution in [0.25, 0.3) is 0 Å². The molecule has 0 saturated heterocycles. The number of hydrazone groups is 1. The van der Waals surface area contributed by atoms with Crippen molar-refractivity contribution in [3.63, 3.8) is 0 Å². The van der Waals surface area contributed by atoms with Gasteiger partial charge in [-0.2, -0.15) is 5.10 Å². The van der Waals surface area contributed by atoms with Crippen molar-refractivity contribution in [2.24, 2.45) is 5.10 Å². The maximum absolute atomic E-state index is 11.6. The number of amides is 1. The number of carbonyl (C=O) groups excluding carboxylic acids is 1. The van der Waals surface area contributed by atoms with E-state index in [2.05, 4.69) is 10.5 Å². The van der Waals surface area contributed by atoms with Gasteiger partial charge in [-0.25, -0.2) is 5.43 Å². The van der Waals surface area contributed by atoms with Crippen LogP contribution in [-0.4, -0.2) is 23.7 Å². The summed E-state index contributed by atoms with van der Waals surface area (Å²) in [4.78, 5) is 22.0. The van der Waals surface area contributed by atoms with E-state index in [-0.39, 0.29) is 12.3 Å². The zero-order valence-corrected chi connectivity index (χ0v) is 12.4. The normalized spacial score (nSPS) is 10.5. The van der Waals surface area contributed by atoms with E-state index < -0.39 is 10.8 Å². The molecule has 118 valence electrons. The summed E-state index contributed by atoms with van der Waals surface area (Å²) in [5.74, 6) is 0.129. The predicted molar refractivity (Wildman–Crippen MR) is 85.5 cm³/mol. The number of benzene rings is 2. The lowest BCUT2D eigenvalue weighted by atomic mass is 10.2. The molecule has 7 nitrogen and oxygen atoms in total. The average molecular weight is 313 g/mol. The van der Waals surface area contributed by atoms with Crippen molar-refractivity contribution in [2.75, 3.05) is 6.61 Å². The van der Waals surface area contributed by atoms with Gasteiger partial charge in [-0.15, -0.1) is 0 Å². The van der Waals surface area contributed by atoms with E-state index >= 15 is 0 Å². The van der Waals surface area contributed by atoms with Gasteiger partial charge in [0.05, 0.1) is 16.7 Å². The highest BCUT2D eigenvalue weighted by Crippen LogP contribution is 2.15. The minimum atomic E-state index is -0.510. The quantitative estimate of drug-likeness (QED) is 0.503. The third-order valence-electron chi connectivity index (χ3n) is 2.89. The molecule has 0 radical (unpaired) electrons. The van der Waals surface area contributed by atoms with Crippen molar-refractivity contribution in [3.05, 3.63) is 69.8 Å². The van der Waals surface area contributed by atoms with Crippen LogP contribution in [0.3, 0.4) is 0 Å². The SMILES string of the molecule is Cc1cccc(OCC(=O)N/N=C\c2ccccc2[N+](=O)[O-])c1. The Morgan fingerprint density at radius 1 is 1.30 bits per heavy atom. The Morgan fingerprint density at radius 2 is 2.09 bits per heavy atom. The molecule has 0 aliphatic carbocycles. The van der Waals surface area contributed by atoms with Crippen molar-refractivity contribution in [1.82, 2.24) is 5.43 Å². The lowest BCUT2D eigenvalue weighted by molar-refractivity contribution is -0.385. The molecule has 0 bridgehead atoms. The maximum Gasteiger partial charge on any atom is 0.278 e. The Hall–Kier alpha value is -3.22. The number of ether oxygens (including phenoxy) is 1. The number of nitrogens with one attached hydrogen (secondary N) is 1. The van der Waals surface area contributed by atoms with Crippen molar-refractivity contribution in [3.8, 4) is 5.75 Å². The third-order valence-corrected chi connectivity index (χ3v) is 2.89. The van der Waals surface area contributed by atoms with Gasteiger partial charge in [0.2, 0.25) is 0 Å². The van der Waals surface area contributed by atoms with Crippen molar-refractivity contribution in [2.45, 2.75) is 6.92 Å². The number of rotatable bonds is 6. The van der Waals surface area contributed by atoms with Crippen molar-refractivity contribution >= 4 is 17.8 Å². The van der Waals surface area contributed by atoms with E-state index in [1.807, 2.05) is 25.1 Å². The van der Waals surface area contributed by atoms with Gasteiger partial charge in [0.15, 0.2) is 6.61 Å². The van der Waals surface area contributed by atoms with Crippen LogP contribution < -0.4 is 10.2 Å². The molecule has 1 N–H and O–H groups in total. The zero-order valence-electron chi connectivity index (χ0n) is 12.4. The van der Waals surface area contributed by atoms with Crippen LogP contribution in [0.2, 0.25) is 0 Å². The molecule has 0 aliphatic heterocycles. The summed E-state index contributed by atoms with van der Waals surface area (Å²) in [5, 5.41) is 14.5. The first-order valence-corrected chi connectivity index (χ1v) is 6.81. The van der Waals surface area contributed by atoms with Gasteiger partial charge in [0.1, 0.15) is 5.75 Å². The number of hydrogen-bond acceptors (Lipinski definition) is 5. The summed E-state index contributed by atoms with van der Waals surface area (Å²) in [7, 11) is 0. The van der Waals surface area contributed by atoms with Crippen LogP contribution in [0.5, 0.6) is 5.75 Å². The summed E-state index contributed by atoms with van der Waals surface area (Å²) >= 11 is 0. The Balaban J connectivity index is 1.88. The van der Waals surface area contributed by atoms with Gasteiger partial charge in [0.25, 0.3) is 11.6 Å². The predicted octanol–water partition coefficient (Wildman–Crippen LogP) is 2.43. The second-order valence-electron chi connectivity index (χ2n) is 4.71. The average Bonchev–Trinajstić information content (AvgIpc) is 2.53. The highest BCUT2D eigenvalue weighted by Gasteiger charge is 2.10. The molecule has 0 unspecified atom stereocenters. The number of nitro groups is 1. The molecule has 0 atom stereocenters. The van der Waals surface area contributed by atoms with Crippen molar-refractivity contribution in [1.29, 1.82) is 0 Å². The lowest BCUT2D eigenvalue weighted by Crippen LogP contribution is -2.24. The molecular weight excluding hydrogens is 298 g/mol. The van der Waals surface area contributed by atoms with Crippen LogP contribution in [0, 0.1) is 17.0 Å².